The summed E-state index contributed by atoms with van der Waals surface area (Å²) in [4.78, 5) is 23.2. The van der Waals surface area contributed by atoms with Gasteiger partial charge in [0.15, 0.2) is 0 Å². The van der Waals surface area contributed by atoms with Gasteiger partial charge >= 0.3 is 12.0 Å². The first kappa shape index (κ1) is 17.3. The maximum Gasteiger partial charge on any atom is 0.319 e. The van der Waals surface area contributed by atoms with Gasteiger partial charge in [0.2, 0.25) is 0 Å². The third-order valence-electron chi connectivity index (χ3n) is 3.51. The molecule has 1 aromatic rings. The zero-order valence-electron chi connectivity index (χ0n) is 12.6. The Hall–Kier alpha value is -2.08. The highest BCUT2D eigenvalue weighted by Gasteiger charge is 2.19. The largest absolute Gasteiger partial charge is 0.481 e. The molecule has 5 nitrogen and oxygen atoms in total. The van der Waals surface area contributed by atoms with Crippen LogP contribution in [0.25, 0.3) is 0 Å². The fourth-order valence-corrected chi connectivity index (χ4v) is 2.54. The molecule has 0 bridgehead atoms. The number of aliphatic carboxylic acids is 1. The summed E-state index contributed by atoms with van der Waals surface area (Å²) in [6.45, 7) is 0.0862. The number of urea groups is 1. The Kier molecular flexibility index (Phi) is 6.40. The Bertz CT molecular complexity index is 623. The Morgan fingerprint density at radius 1 is 1.22 bits per heavy atom. The van der Waals surface area contributed by atoms with E-state index in [1.165, 1.54) is 0 Å². The molecule has 0 aliphatic heterocycles. The topological polar surface area (TPSA) is 78.4 Å². The minimum Gasteiger partial charge on any atom is -0.481 e. The lowest BCUT2D eigenvalue weighted by atomic mass is 9.95. The Morgan fingerprint density at radius 2 is 1.96 bits per heavy atom. The van der Waals surface area contributed by atoms with Gasteiger partial charge in [-0.3, -0.25) is 4.79 Å². The van der Waals surface area contributed by atoms with Crippen LogP contribution in [-0.2, 0) is 4.79 Å². The third kappa shape index (κ3) is 5.90. The summed E-state index contributed by atoms with van der Waals surface area (Å²) in [7, 11) is 0. The summed E-state index contributed by atoms with van der Waals surface area (Å²) >= 11 is 3.32. The first-order valence-electron chi connectivity index (χ1n) is 7.43. The highest BCUT2D eigenvalue weighted by molar-refractivity contribution is 9.10. The second-order valence-corrected chi connectivity index (χ2v) is 6.26. The van der Waals surface area contributed by atoms with Crippen LogP contribution in [0.1, 0.15) is 19.3 Å². The molecule has 0 saturated carbocycles. The zero-order chi connectivity index (χ0) is 16.7. The molecule has 0 saturated heterocycles. The van der Waals surface area contributed by atoms with E-state index in [2.05, 4.69) is 32.6 Å². The summed E-state index contributed by atoms with van der Waals surface area (Å²) in [5.41, 5.74) is 1.66. The normalized spacial score (nSPS) is 14.7. The van der Waals surface area contributed by atoms with E-state index in [1.54, 1.807) is 12.1 Å². The molecule has 0 spiro atoms. The number of halogens is 1. The Balaban J connectivity index is 1.84. The summed E-state index contributed by atoms with van der Waals surface area (Å²) < 4.78 is 0.920. The van der Waals surface area contributed by atoms with Gasteiger partial charge in [-0.25, -0.2) is 4.79 Å². The van der Waals surface area contributed by atoms with Crippen LogP contribution in [-0.4, -0.2) is 23.7 Å². The van der Waals surface area contributed by atoms with Crippen LogP contribution in [0.15, 0.2) is 52.5 Å². The summed E-state index contributed by atoms with van der Waals surface area (Å²) in [6, 6.07) is 6.74. The van der Waals surface area contributed by atoms with Gasteiger partial charge < -0.3 is 15.7 Å². The molecule has 0 aromatic heterocycles. The molecule has 1 atom stereocenters. The van der Waals surface area contributed by atoms with E-state index in [9.17, 15) is 14.7 Å². The van der Waals surface area contributed by atoms with Crippen molar-refractivity contribution in [2.75, 3.05) is 11.9 Å². The van der Waals surface area contributed by atoms with Gasteiger partial charge in [0.05, 0.1) is 5.92 Å². The van der Waals surface area contributed by atoms with E-state index in [1.807, 2.05) is 24.3 Å². The standard InChI is InChI=1S/C17H19BrN2O3/c18-14-6-8-15(9-7-14)20-17(23)19-11-13(16(21)22)10-12-4-2-1-3-5-12/h2,4-9,13H,1,3,10-11H2,(H,21,22)(H2,19,20,23). The number of amides is 2. The molecule has 1 aliphatic carbocycles. The number of nitrogens with one attached hydrogen (secondary N) is 2. The minimum atomic E-state index is -0.909. The lowest BCUT2D eigenvalue weighted by Gasteiger charge is -2.16. The van der Waals surface area contributed by atoms with Crippen LogP contribution in [0.3, 0.4) is 0 Å². The Labute approximate surface area is 143 Å². The molecular weight excluding hydrogens is 360 g/mol. The van der Waals surface area contributed by atoms with Crippen molar-refractivity contribution in [1.29, 1.82) is 0 Å². The van der Waals surface area contributed by atoms with Crippen LogP contribution in [0.2, 0.25) is 0 Å². The molecule has 1 aliphatic rings. The van der Waals surface area contributed by atoms with Crippen molar-refractivity contribution >= 4 is 33.6 Å². The van der Waals surface area contributed by atoms with Crippen molar-refractivity contribution in [3.8, 4) is 0 Å². The number of benzene rings is 1. The van der Waals surface area contributed by atoms with Gasteiger partial charge in [0, 0.05) is 16.7 Å². The van der Waals surface area contributed by atoms with Crippen molar-refractivity contribution in [2.24, 2.45) is 5.92 Å². The molecule has 3 N–H and O–H groups in total. The lowest BCUT2D eigenvalue weighted by Crippen LogP contribution is -2.36. The smallest absolute Gasteiger partial charge is 0.319 e. The van der Waals surface area contributed by atoms with E-state index in [4.69, 9.17) is 0 Å². The molecule has 1 aromatic carbocycles. The number of carbonyl (C=O) groups excluding carboxylic acids is 1. The number of rotatable bonds is 6. The van der Waals surface area contributed by atoms with Crippen LogP contribution in [0, 0.1) is 5.92 Å². The number of hydrogen-bond acceptors (Lipinski definition) is 2. The van der Waals surface area contributed by atoms with Gasteiger partial charge in [0.1, 0.15) is 0 Å². The van der Waals surface area contributed by atoms with Gasteiger partial charge in [-0.1, -0.05) is 39.7 Å². The van der Waals surface area contributed by atoms with Crippen molar-refractivity contribution < 1.29 is 14.7 Å². The maximum absolute atomic E-state index is 11.9. The molecule has 0 heterocycles. The maximum atomic E-state index is 11.9. The third-order valence-corrected chi connectivity index (χ3v) is 4.04. The fourth-order valence-electron chi connectivity index (χ4n) is 2.27. The number of allylic oxidation sites excluding steroid dienone is 4. The van der Waals surface area contributed by atoms with Crippen molar-refractivity contribution in [3.05, 3.63) is 52.5 Å². The highest BCUT2D eigenvalue weighted by atomic mass is 79.9. The predicted molar refractivity (Wildman–Crippen MR) is 93.4 cm³/mol. The average Bonchev–Trinajstić information content (AvgIpc) is 2.54. The van der Waals surface area contributed by atoms with Gasteiger partial charge in [0.25, 0.3) is 0 Å². The number of anilines is 1. The van der Waals surface area contributed by atoms with Gasteiger partial charge in [-0.15, -0.1) is 0 Å². The first-order chi connectivity index (χ1) is 11.0. The van der Waals surface area contributed by atoms with E-state index >= 15 is 0 Å². The monoisotopic (exact) mass is 378 g/mol. The SMILES string of the molecule is O=C(NCC(CC1=CCCC=C1)C(=O)O)Nc1ccc(Br)cc1. The molecule has 0 fully saturated rings. The summed E-state index contributed by atoms with van der Waals surface area (Å²) in [5, 5.41) is 14.6. The lowest BCUT2D eigenvalue weighted by molar-refractivity contribution is -0.141. The molecule has 2 rings (SSSR count). The van der Waals surface area contributed by atoms with Crippen LogP contribution >= 0.6 is 15.9 Å². The Morgan fingerprint density at radius 3 is 2.57 bits per heavy atom. The molecule has 1 unspecified atom stereocenters. The first-order valence-corrected chi connectivity index (χ1v) is 8.22. The zero-order valence-corrected chi connectivity index (χ0v) is 14.2. The second-order valence-electron chi connectivity index (χ2n) is 5.34. The second kappa shape index (κ2) is 8.53. The quantitative estimate of drug-likeness (QED) is 0.701. The van der Waals surface area contributed by atoms with E-state index in [0.717, 1.165) is 22.9 Å². The molecule has 23 heavy (non-hydrogen) atoms. The number of hydrogen-bond donors (Lipinski definition) is 3. The molecule has 6 heteroatoms. The number of carboxylic acids is 1. The molecule has 2 amide bonds. The number of carbonyl (C=O) groups is 2. The van der Waals surface area contributed by atoms with Crippen molar-refractivity contribution in [3.63, 3.8) is 0 Å². The number of carboxylic acid groups (broad SMARTS) is 1. The molecular formula is C17H19BrN2O3. The average molecular weight is 379 g/mol. The predicted octanol–water partition coefficient (Wildman–Crippen LogP) is 3.94. The fraction of sp³-hybridized carbons (Fsp3) is 0.294. The van der Waals surface area contributed by atoms with E-state index < -0.39 is 17.9 Å². The molecule has 0 radical (unpaired) electrons. The molecule has 122 valence electrons. The van der Waals surface area contributed by atoms with E-state index in [-0.39, 0.29) is 6.54 Å². The van der Waals surface area contributed by atoms with Crippen molar-refractivity contribution in [2.45, 2.75) is 19.3 Å². The van der Waals surface area contributed by atoms with Crippen molar-refractivity contribution in [1.82, 2.24) is 5.32 Å². The van der Waals surface area contributed by atoms with Gasteiger partial charge in [-0.05, 0) is 43.5 Å². The highest BCUT2D eigenvalue weighted by Crippen LogP contribution is 2.18. The summed E-state index contributed by atoms with van der Waals surface area (Å²) in [6.07, 6.45) is 8.41. The minimum absolute atomic E-state index is 0.0862. The van der Waals surface area contributed by atoms with E-state index in [0.29, 0.717) is 12.1 Å². The summed E-state index contributed by atoms with van der Waals surface area (Å²) in [5.74, 6) is -1.55. The van der Waals surface area contributed by atoms with Gasteiger partial charge in [-0.2, -0.15) is 0 Å². The van der Waals surface area contributed by atoms with Crippen LogP contribution < -0.4 is 10.6 Å². The van der Waals surface area contributed by atoms with Crippen LogP contribution in [0.4, 0.5) is 10.5 Å². The van der Waals surface area contributed by atoms with Crippen LogP contribution in [0.5, 0.6) is 0 Å².